The summed E-state index contributed by atoms with van der Waals surface area (Å²) in [5, 5.41) is 4.17. The van der Waals surface area contributed by atoms with Crippen molar-refractivity contribution in [1.29, 1.82) is 0 Å². The van der Waals surface area contributed by atoms with Gasteiger partial charge in [0.1, 0.15) is 22.9 Å². The maximum Gasteiger partial charge on any atom is 0.343 e. The Labute approximate surface area is 172 Å². The standard InChI is InChI=1S/C21H21FN6O2/c1-2-30-21(29)16-13-25-28-10-7-19(26-20(16)28)27-9-4-6-18(27)15-11-14(22)12-24-17(15)5-3-8-23/h7,10-13,18H,2,4,6,8-9,23H2,1H3/t18-/m1/s1. The second-order valence-electron chi connectivity index (χ2n) is 6.78. The molecule has 154 valence electrons. The molecule has 1 aliphatic heterocycles. The molecule has 0 aliphatic carbocycles. The number of aromatic nitrogens is 4. The number of nitrogens with two attached hydrogens (primary N) is 1. The van der Waals surface area contributed by atoms with Crippen molar-refractivity contribution >= 4 is 17.4 Å². The van der Waals surface area contributed by atoms with E-state index in [0.717, 1.165) is 25.6 Å². The van der Waals surface area contributed by atoms with Gasteiger partial charge in [0.25, 0.3) is 0 Å². The first-order chi connectivity index (χ1) is 14.6. The third-order valence-corrected chi connectivity index (χ3v) is 4.95. The second kappa shape index (κ2) is 8.47. The van der Waals surface area contributed by atoms with Crippen LogP contribution in [0.2, 0.25) is 0 Å². The van der Waals surface area contributed by atoms with Crippen LogP contribution in [0.1, 0.15) is 47.4 Å². The molecule has 0 saturated carbocycles. The van der Waals surface area contributed by atoms with E-state index in [2.05, 4.69) is 31.8 Å². The van der Waals surface area contributed by atoms with Crippen LogP contribution < -0.4 is 10.6 Å². The Bertz CT molecular complexity index is 1150. The third kappa shape index (κ3) is 3.69. The summed E-state index contributed by atoms with van der Waals surface area (Å²) < 4.78 is 20.6. The second-order valence-corrected chi connectivity index (χ2v) is 6.78. The van der Waals surface area contributed by atoms with Crippen molar-refractivity contribution in [2.75, 3.05) is 24.6 Å². The lowest BCUT2D eigenvalue weighted by Gasteiger charge is -2.26. The van der Waals surface area contributed by atoms with E-state index in [4.69, 9.17) is 10.5 Å². The average molecular weight is 408 g/mol. The highest BCUT2D eigenvalue weighted by Crippen LogP contribution is 2.36. The summed E-state index contributed by atoms with van der Waals surface area (Å²) in [5.74, 6) is 5.51. The predicted molar refractivity (Wildman–Crippen MR) is 108 cm³/mol. The van der Waals surface area contributed by atoms with Gasteiger partial charge in [0, 0.05) is 18.3 Å². The summed E-state index contributed by atoms with van der Waals surface area (Å²) in [6.45, 7) is 2.94. The molecule has 1 atom stereocenters. The van der Waals surface area contributed by atoms with E-state index in [9.17, 15) is 9.18 Å². The molecule has 3 aromatic heterocycles. The molecule has 8 nitrogen and oxygen atoms in total. The van der Waals surface area contributed by atoms with Crippen LogP contribution in [0, 0.1) is 17.7 Å². The van der Waals surface area contributed by atoms with Crippen molar-refractivity contribution in [2.24, 2.45) is 5.73 Å². The molecule has 0 radical (unpaired) electrons. The van der Waals surface area contributed by atoms with Crippen LogP contribution in [0.25, 0.3) is 5.65 Å². The minimum absolute atomic E-state index is 0.140. The normalized spacial score (nSPS) is 15.8. The van der Waals surface area contributed by atoms with E-state index in [1.807, 2.05) is 6.07 Å². The van der Waals surface area contributed by atoms with E-state index >= 15 is 0 Å². The average Bonchev–Trinajstić information content (AvgIpc) is 3.39. The van der Waals surface area contributed by atoms with Gasteiger partial charge in [-0.1, -0.05) is 5.92 Å². The molecule has 30 heavy (non-hydrogen) atoms. The van der Waals surface area contributed by atoms with Gasteiger partial charge in [0.05, 0.1) is 31.6 Å². The number of fused-ring (bicyclic) bond motifs is 1. The first kappa shape index (κ1) is 19.8. The van der Waals surface area contributed by atoms with Crippen molar-refractivity contribution in [3.05, 3.63) is 53.4 Å². The van der Waals surface area contributed by atoms with Crippen LogP contribution in [0.3, 0.4) is 0 Å². The minimum Gasteiger partial charge on any atom is -0.462 e. The Morgan fingerprint density at radius 3 is 3.10 bits per heavy atom. The van der Waals surface area contributed by atoms with Crippen molar-refractivity contribution in [1.82, 2.24) is 19.6 Å². The highest BCUT2D eigenvalue weighted by atomic mass is 19.1. The summed E-state index contributed by atoms with van der Waals surface area (Å²) in [5.41, 5.74) is 7.42. The zero-order valence-corrected chi connectivity index (χ0v) is 16.5. The van der Waals surface area contributed by atoms with E-state index in [1.165, 1.54) is 16.8 Å². The molecule has 1 aliphatic rings. The summed E-state index contributed by atoms with van der Waals surface area (Å²) in [6.07, 6.45) is 6.06. The zero-order chi connectivity index (χ0) is 21.1. The van der Waals surface area contributed by atoms with Crippen LogP contribution in [0.5, 0.6) is 0 Å². The number of rotatable bonds is 4. The molecule has 9 heteroatoms. The first-order valence-electron chi connectivity index (χ1n) is 9.75. The van der Waals surface area contributed by atoms with Crippen molar-refractivity contribution in [3.63, 3.8) is 0 Å². The Hall–Kier alpha value is -3.51. The van der Waals surface area contributed by atoms with Gasteiger partial charge in [0.2, 0.25) is 0 Å². The summed E-state index contributed by atoms with van der Waals surface area (Å²) in [6, 6.07) is 3.16. The van der Waals surface area contributed by atoms with Crippen LogP contribution in [-0.4, -0.2) is 45.2 Å². The minimum atomic E-state index is -0.469. The maximum absolute atomic E-state index is 14.0. The number of pyridine rings is 1. The molecular weight excluding hydrogens is 387 g/mol. The highest BCUT2D eigenvalue weighted by molar-refractivity contribution is 5.95. The topological polar surface area (TPSA) is 98.6 Å². The molecule has 0 aromatic carbocycles. The lowest BCUT2D eigenvalue weighted by Crippen LogP contribution is -2.25. The highest BCUT2D eigenvalue weighted by Gasteiger charge is 2.30. The Morgan fingerprint density at radius 2 is 2.30 bits per heavy atom. The van der Waals surface area contributed by atoms with Crippen LogP contribution >= 0.6 is 0 Å². The number of nitrogens with zero attached hydrogens (tertiary/aromatic N) is 5. The number of carbonyl (C=O) groups is 1. The molecule has 0 unspecified atom stereocenters. The smallest absolute Gasteiger partial charge is 0.343 e. The molecule has 0 spiro atoms. The molecule has 0 amide bonds. The van der Waals surface area contributed by atoms with Gasteiger partial charge in [-0.3, -0.25) is 0 Å². The number of hydrogen-bond donors (Lipinski definition) is 1. The summed E-state index contributed by atoms with van der Waals surface area (Å²) in [4.78, 5) is 23.1. The summed E-state index contributed by atoms with van der Waals surface area (Å²) in [7, 11) is 0. The lowest BCUT2D eigenvalue weighted by molar-refractivity contribution is 0.0528. The van der Waals surface area contributed by atoms with Gasteiger partial charge < -0.3 is 15.4 Å². The predicted octanol–water partition coefficient (Wildman–Crippen LogP) is 2.09. The fourth-order valence-electron chi connectivity index (χ4n) is 3.68. The molecular formula is C21H21FN6O2. The zero-order valence-electron chi connectivity index (χ0n) is 16.5. The van der Waals surface area contributed by atoms with Gasteiger partial charge in [-0.25, -0.2) is 23.7 Å². The van der Waals surface area contributed by atoms with E-state index < -0.39 is 11.8 Å². The fraction of sp³-hybridized carbons (Fsp3) is 0.333. The number of ether oxygens (including phenoxy) is 1. The number of hydrogen-bond acceptors (Lipinski definition) is 7. The Kier molecular flexibility index (Phi) is 5.59. The van der Waals surface area contributed by atoms with Crippen LogP contribution in [0.15, 0.2) is 30.7 Å². The lowest BCUT2D eigenvalue weighted by atomic mass is 10.0. The SMILES string of the molecule is CCOC(=O)c1cnn2ccc(N3CCC[C@@H]3c3cc(F)cnc3C#CCN)nc12. The fourth-order valence-corrected chi connectivity index (χ4v) is 3.68. The van der Waals surface area contributed by atoms with E-state index in [1.54, 1.807) is 13.1 Å². The molecule has 0 bridgehead atoms. The number of carbonyl (C=O) groups excluding carboxylic acids is 1. The Morgan fingerprint density at radius 1 is 1.43 bits per heavy atom. The quantitative estimate of drug-likeness (QED) is 0.521. The van der Waals surface area contributed by atoms with Gasteiger partial charge in [-0.05, 0) is 37.8 Å². The first-order valence-corrected chi connectivity index (χ1v) is 9.75. The number of anilines is 1. The van der Waals surface area contributed by atoms with Crippen molar-refractivity contribution < 1.29 is 13.9 Å². The molecule has 2 N–H and O–H groups in total. The van der Waals surface area contributed by atoms with E-state index in [-0.39, 0.29) is 19.2 Å². The maximum atomic E-state index is 14.0. The largest absolute Gasteiger partial charge is 0.462 e. The van der Waals surface area contributed by atoms with Crippen molar-refractivity contribution in [2.45, 2.75) is 25.8 Å². The Balaban J connectivity index is 1.74. The van der Waals surface area contributed by atoms with Crippen LogP contribution in [-0.2, 0) is 4.74 Å². The molecule has 1 fully saturated rings. The third-order valence-electron chi connectivity index (χ3n) is 4.95. The molecule has 1 saturated heterocycles. The molecule has 4 rings (SSSR count). The van der Waals surface area contributed by atoms with Crippen LogP contribution in [0.4, 0.5) is 10.2 Å². The van der Waals surface area contributed by atoms with E-state index in [0.29, 0.717) is 28.3 Å². The van der Waals surface area contributed by atoms with Gasteiger partial charge in [-0.2, -0.15) is 5.10 Å². The number of halogens is 1. The van der Waals surface area contributed by atoms with Gasteiger partial charge in [0.15, 0.2) is 5.65 Å². The monoisotopic (exact) mass is 408 g/mol. The molecule has 3 aromatic rings. The van der Waals surface area contributed by atoms with Gasteiger partial charge >= 0.3 is 5.97 Å². The van der Waals surface area contributed by atoms with Gasteiger partial charge in [-0.15, -0.1) is 0 Å². The molecule has 4 heterocycles. The summed E-state index contributed by atoms with van der Waals surface area (Å²) >= 11 is 0. The number of esters is 1. The van der Waals surface area contributed by atoms with Crippen molar-refractivity contribution in [3.8, 4) is 11.8 Å².